The Morgan fingerprint density at radius 1 is 1.13 bits per heavy atom. The first-order chi connectivity index (χ1) is 14.6. The van der Waals surface area contributed by atoms with E-state index in [9.17, 15) is 0 Å². The standard InChI is InChI=1S/C20H20ClN5O4/c1-27-16-7-10(6-11(21)17(16)28-2)18-24-19(22)25-20-23-12-8-14-15(9-13(12)26(18)20)30-5-3-4-29-14/h6-9,18H,3-5H2,1-2H3,(H3,22,23,24,25). The van der Waals surface area contributed by atoms with E-state index < -0.39 is 6.17 Å². The van der Waals surface area contributed by atoms with Crippen LogP contribution in [-0.4, -0.2) is 42.9 Å². The van der Waals surface area contributed by atoms with Crippen LogP contribution in [0.15, 0.2) is 29.3 Å². The molecule has 30 heavy (non-hydrogen) atoms. The summed E-state index contributed by atoms with van der Waals surface area (Å²) in [7, 11) is 3.10. The highest BCUT2D eigenvalue weighted by atomic mass is 35.5. The predicted molar refractivity (Wildman–Crippen MR) is 113 cm³/mol. The van der Waals surface area contributed by atoms with Crippen molar-refractivity contribution in [2.75, 3.05) is 32.8 Å². The molecule has 0 saturated carbocycles. The number of hydrogen-bond donors (Lipinski definition) is 2. The molecule has 0 saturated heterocycles. The molecule has 1 aromatic heterocycles. The van der Waals surface area contributed by atoms with E-state index in [4.69, 9.17) is 36.3 Å². The van der Waals surface area contributed by atoms with Crippen LogP contribution in [0.3, 0.4) is 0 Å². The lowest BCUT2D eigenvalue weighted by Gasteiger charge is -2.25. The second kappa shape index (κ2) is 7.17. The molecule has 0 aliphatic carbocycles. The van der Waals surface area contributed by atoms with Crippen LogP contribution in [-0.2, 0) is 0 Å². The van der Waals surface area contributed by atoms with E-state index in [0.29, 0.717) is 47.2 Å². The minimum Gasteiger partial charge on any atom is -0.493 e. The second-order valence-electron chi connectivity index (χ2n) is 6.89. The lowest BCUT2D eigenvalue weighted by atomic mass is 10.1. The average molecular weight is 430 g/mol. The first-order valence-corrected chi connectivity index (χ1v) is 9.80. The first-order valence-electron chi connectivity index (χ1n) is 9.42. The third kappa shape index (κ3) is 2.93. The Labute approximate surface area is 177 Å². The van der Waals surface area contributed by atoms with E-state index >= 15 is 0 Å². The Morgan fingerprint density at radius 2 is 1.90 bits per heavy atom. The molecule has 1 atom stereocenters. The SMILES string of the molecule is COc1cc(C2N=C(N)Nc3nc4cc5c(cc4n32)OCCCO5)cc(Cl)c1OC. The van der Waals surface area contributed by atoms with Crippen molar-refractivity contribution in [2.24, 2.45) is 10.7 Å². The van der Waals surface area contributed by atoms with Crippen molar-refractivity contribution in [1.29, 1.82) is 0 Å². The molecule has 5 rings (SSSR count). The van der Waals surface area contributed by atoms with Crippen molar-refractivity contribution < 1.29 is 18.9 Å². The highest BCUT2D eigenvalue weighted by molar-refractivity contribution is 6.32. The summed E-state index contributed by atoms with van der Waals surface area (Å²) in [5, 5.41) is 3.44. The van der Waals surface area contributed by atoms with Crippen LogP contribution in [0, 0.1) is 0 Å². The van der Waals surface area contributed by atoms with Gasteiger partial charge in [-0.25, -0.2) is 9.98 Å². The molecule has 10 heteroatoms. The highest BCUT2D eigenvalue weighted by Crippen LogP contribution is 2.42. The number of methoxy groups -OCH3 is 2. The van der Waals surface area contributed by atoms with Crippen LogP contribution in [0.1, 0.15) is 18.2 Å². The molecule has 2 aromatic carbocycles. The smallest absolute Gasteiger partial charge is 0.212 e. The van der Waals surface area contributed by atoms with Gasteiger partial charge in [0, 0.05) is 24.1 Å². The van der Waals surface area contributed by atoms with Crippen LogP contribution < -0.4 is 30.0 Å². The normalized spacial score (nSPS) is 17.6. The molecule has 156 valence electrons. The zero-order chi connectivity index (χ0) is 20.8. The molecule has 2 aliphatic rings. The largest absolute Gasteiger partial charge is 0.493 e. The summed E-state index contributed by atoms with van der Waals surface area (Å²) < 4.78 is 24.4. The number of hydrogen-bond acceptors (Lipinski definition) is 8. The number of ether oxygens (including phenoxy) is 4. The molecule has 3 heterocycles. The lowest BCUT2D eigenvalue weighted by Crippen LogP contribution is -2.31. The number of fused-ring (bicyclic) bond motifs is 4. The summed E-state index contributed by atoms with van der Waals surface area (Å²) in [5.74, 6) is 3.13. The Kier molecular flexibility index (Phi) is 4.47. The van der Waals surface area contributed by atoms with Gasteiger partial charge in [0.1, 0.15) is 0 Å². The summed E-state index contributed by atoms with van der Waals surface area (Å²) >= 11 is 6.44. The zero-order valence-corrected chi connectivity index (χ0v) is 17.2. The van der Waals surface area contributed by atoms with Crippen LogP contribution in [0.2, 0.25) is 5.02 Å². The molecule has 0 bridgehead atoms. The molecule has 0 fully saturated rings. The number of nitrogens with zero attached hydrogens (tertiary/aromatic N) is 3. The third-order valence-electron chi connectivity index (χ3n) is 5.06. The summed E-state index contributed by atoms with van der Waals surface area (Å²) in [5.41, 5.74) is 8.39. The van der Waals surface area contributed by atoms with Crippen LogP contribution in [0.4, 0.5) is 5.95 Å². The molecular weight excluding hydrogens is 410 g/mol. The van der Waals surface area contributed by atoms with Crippen molar-refractivity contribution >= 4 is 34.5 Å². The number of imidazole rings is 1. The third-order valence-corrected chi connectivity index (χ3v) is 5.34. The molecule has 9 nitrogen and oxygen atoms in total. The molecule has 0 spiro atoms. The van der Waals surface area contributed by atoms with Gasteiger partial charge in [0.25, 0.3) is 0 Å². The van der Waals surface area contributed by atoms with Gasteiger partial charge >= 0.3 is 0 Å². The van der Waals surface area contributed by atoms with Gasteiger partial charge < -0.3 is 24.7 Å². The quantitative estimate of drug-likeness (QED) is 0.658. The van der Waals surface area contributed by atoms with Gasteiger partial charge in [-0.2, -0.15) is 0 Å². The average Bonchev–Trinajstić information content (AvgIpc) is 2.91. The van der Waals surface area contributed by atoms with Crippen LogP contribution in [0.5, 0.6) is 23.0 Å². The van der Waals surface area contributed by atoms with Gasteiger partial charge in [-0.1, -0.05) is 11.6 Å². The summed E-state index contributed by atoms with van der Waals surface area (Å²) in [6.45, 7) is 1.20. The van der Waals surface area contributed by atoms with Crippen LogP contribution in [0.25, 0.3) is 11.0 Å². The minimum absolute atomic E-state index is 0.253. The maximum Gasteiger partial charge on any atom is 0.212 e. The summed E-state index contributed by atoms with van der Waals surface area (Å²) in [6.07, 6.45) is 0.320. The van der Waals surface area contributed by atoms with Gasteiger partial charge in [0.2, 0.25) is 5.95 Å². The Morgan fingerprint density at radius 3 is 2.63 bits per heavy atom. The van der Waals surface area contributed by atoms with Gasteiger partial charge in [0.05, 0.1) is 43.5 Å². The predicted octanol–water partition coefficient (Wildman–Crippen LogP) is 3.16. The first kappa shape index (κ1) is 18.7. The van der Waals surface area contributed by atoms with Crippen LogP contribution >= 0.6 is 11.6 Å². The Balaban J connectivity index is 1.70. The Bertz CT molecular complexity index is 1180. The number of nitrogens with two attached hydrogens (primary N) is 1. The van der Waals surface area contributed by atoms with Gasteiger partial charge in [0.15, 0.2) is 35.1 Å². The van der Waals surface area contributed by atoms with Crippen molar-refractivity contribution in [1.82, 2.24) is 9.55 Å². The fourth-order valence-electron chi connectivity index (χ4n) is 3.73. The second-order valence-corrected chi connectivity index (χ2v) is 7.30. The van der Waals surface area contributed by atoms with Gasteiger partial charge in [-0.15, -0.1) is 0 Å². The van der Waals surface area contributed by atoms with Crippen molar-refractivity contribution in [3.05, 3.63) is 34.9 Å². The molecular formula is C20H20ClN5O4. The minimum atomic E-state index is -0.506. The van der Waals surface area contributed by atoms with E-state index in [1.54, 1.807) is 20.3 Å². The number of aromatic nitrogens is 2. The maximum atomic E-state index is 6.44. The molecule has 2 aliphatic heterocycles. The van der Waals surface area contributed by atoms with E-state index in [1.807, 2.05) is 22.8 Å². The Hall–Kier alpha value is -3.33. The fraction of sp³-hybridized carbons (Fsp3) is 0.300. The number of aliphatic imine (C=N–C) groups is 1. The van der Waals surface area contributed by atoms with Crippen molar-refractivity contribution in [3.63, 3.8) is 0 Å². The number of anilines is 1. The molecule has 1 unspecified atom stereocenters. The number of nitrogens with one attached hydrogen (secondary N) is 1. The summed E-state index contributed by atoms with van der Waals surface area (Å²) in [6, 6.07) is 7.41. The highest BCUT2D eigenvalue weighted by Gasteiger charge is 2.28. The molecule has 0 radical (unpaired) electrons. The molecule has 3 aromatic rings. The molecule has 0 amide bonds. The number of guanidine groups is 1. The number of benzene rings is 2. The summed E-state index contributed by atoms with van der Waals surface area (Å²) in [4.78, 5) is 9.28. The van der Waals surface area contributed by atoms with Crippen molar-refractivity contribution in [2.45, 2.75) is 12.6 Å². The maximum absolute atomic E-state index is 6.44. The van der Waals surface area contributed by atoms with Gasteiger partial charge in [-0.05, 0) is 12.1 Å². The lowest BCUT2D eigenvalue weighted by molar-refractivity contribution is 0.297. The number of rotatable bonds is 3. The van der Waals surface area contributed by atoms with Gasteiger partial charge in [-0.3, -0.25) is 9.88 Å². The molecule has 3 N–H and O–H groups in total. The topological polar surface area (TPSA) is 105 Å². The number of halogens is 1. The van der Waals surface area contributed by atoms with E-state index in [0.717, 1.165) is 23.0 Å². The zero-order valence-electron chi connectivity index (χ0n) is 16.4. The van der Waals surface area contributed by atoms with Crippen molar-refractivity contribution in [3.8, 4) is 23.0 Å². The fourth-order valence-corrected chi connectivity index (χ4v) is 4.03. The van der Waals surface area contributed by atoms with E-state index in [2.05, 4.69) is 15.3 Å². The van der Waals surface area contributed by atoms with E-state index in [1.165, 1.54) is 0 Å². The monoisotopic (exact) mass is 429 g/mol. The van der Waals surface area contributed by atoms with E-state index in [-0.39, 0.29) is 5.96 Å².